The number of nitrogens with two attached hydrogens (primary N) is 1. The zero-order valence-electron chi connectivity index (χ0n) is 16.2. The van der Waals surface area contributed by atoms with Crippen LogP contribution in [0.2, 0.25) is 0 Å². The topological polar surface area (TPSA) is 115 Å². The fourth-order valence-electron chi connectivity index (χ4n) is 3.47. The average Bonchev–Trinajstić information content (AvgIpc) is 3.14. The van der Waals surface area contributed by atoms with Crippen molar-refractivity contribution in [2.24, 2.45) is 0 Å². The van der Waals surface area contributed by atoms with E-state index in [1.165, 1.54) is 11.3 Å². The van der Waals surface area contributed by atoms with E-state index in [4.69, 9.17) is 5.73 Å². The summed E-state index contributed by atoms with van der Waals surface area (Å²) in [6.07, 6.45) is 3.17. The monoisotopic (exact) mass is 430 g/mol. The molecular formula is C19H22N6O2S2. The SMILES string of the molecule is Cc1nnc(-c2nc(-c3ccc(S(=O)(=O)C4CCCN(C)C4)cc3)cnc2N)s1. The second kappa shape index (κ2) is 7.77. The fraction of sp³-hybridized carbons (Fsp3) is 0.368. The van der Waals surface area contributed by atoms with Crippen LogP contribution in [0.15, 0.2) is 35.4 Å². The van der Waals surface area contributed by atoms with Crippen LogP contribution in [0.5, 0.6) is 0 Å². The van der Waals surface area contributed by atoms with Crippen LogP contribution in [0.1, 0.15) is 17.8 Å². The Morgan fingerprint density at radius 3 is 2.62 bits per heavy atom. The quantitative estimate of drug-likeness (QED) is 0.671. The first kappa shape index (κ1) is 19.9. The predicted octanol–water partition coefficient (Wildman–Crippen LogP) is 2.42. The maximum atomic E-state index is 13.0. The second-order valence-corrected chi connectivity index (χ2v) is 10.6. The molecule has 1 aliphatic rings. The number of hydrogen-bond acceptors (Lipinski definition) is 9. The standard InChI is InChI=1S/C19H22N6O2S2/c1-12-23-24-19(28-12)17-18(20)21-10-16(22-17)13-5-7-14(8-6-13)29(26,27)15-4-3-9-25(2)11-15/h5-8,10,15H,3-4,9,11H2,1-2H3,(H2,20,21). The molecule has 3 heterocycles. The lowest BCUT2D eigenvalue weighted by Gasteiger charge is -2.29. The largest absolute Gasteiger partial charge is 0.382 e. The first-order chi connectivity index (χ1) is 13.8. The maximum Gasteiger partial charge on any atom is 0.182 e. The van der Waals surface area contributed by atoms with Gasteiger partial charge in [0.1, 0.15) is 10.7 Å². The van der Waals surface area contributed by atoms with Crippen molar-refractivity contribution in [2.75, 3.05) is 25.9 Å². The summed E-state index contributed by atoms with van der Waals surface area (Å²) < 4.78 is 26.0. The summed E-state index contributed by atoms with van der Waals surface area (Å²) in [4.78, 5) is 11.2. The van der Waals surface area contributed by atoms with Crippen LogP contribution in [0.3, 0.4) is 0 Å². The zero-order chi connectivity index (χ0) is 20.6. The van der Waals surface area contributed by atoms with Crippen molar-refractivity contribution < 1.29 is 8.42 Å². The number of benzene rings is 1. The molecule has 3 aromatic rings. The summed E-state index contributed by atoms with van der Waals surface area (Å²) >= 11 is 1.39. The molecule has 0 radical (unpaired) electrons. The van der Waals surface area contributed by atoms with E-state index in [9.17, 15) is 8.42 Å². The van der Waals surface area contributed by atoms with Gasteiger partial charge in [-0.05, 0) is 45.5 Å². The molecule has 10 heteroatoms. The first-order valence-corrected chi connectivity index (χ1v) is 11.7. The Kier molecular flexibility index (Phi) is 5.32. The minimum atomic E-state index is -3.36. The molecule has 29 heavy (non-hydrogen) atoms. The van der Waals surface area contributed by atoms with Gasteiger partial charge in [-0.3, -0.25) is 0 Å². The minimum Gasteiger partial charge on any atom is -0.382 e. The molecule has 1 atom stereocenters. The normalized spacial score (nSPS) is 18.1. The molecule has 4 rings (SSSR count). The van der Waals surface area contributed by atoms with Gasteiger partial charge in [0.15, 0.2) is 20.7 Å². The highest BCUT2D eigenvalue weighted by Gasteiger charge is 2.30. The van der Waals surface area contributed by atoms with Gasteiger partial charge < -0.3 is 10.6 Å². The summed E-state index contributed by atoms with van der Waals surface area (Å²) in [6, 6.07) is 6.81. The highest BCUT2D eigenvalue weighted by molar-refractivity contribution is 7.92. The highest BCUT2D eigenvalue weighted by atomic mass is 32.2. The molecule has 0 bridgehead atoms. The van der Waals surface area contributed by atoms with Gasteiger partial charge in [0.25, 0.3) is 0 Å². The Hall–Kier alpha value is -2.43. The lowest BCUT2D eigenvalue weighted by Crippen LogP contribution is -2.40. The summed E-state index contributed by atoms with van der Waals surface area (Å²) in [6.45, 7) is 3.37. The Morgan fingerprint density at radius 1 is 1.21 bits per heavy atom. The third-order valence-electron chi connectivity index (χ3n) is 5.03. The lowest BCUT2D eigenvalue weighted by molar-refractivity contribution is 0.278. The van der Waals surface area contributed by atoms with Gasteiger partial charge in [-0.2, -0.15) is 0 Å². The number of rotatable bonds is 4. The number of nitrogen functional groups attached to an aromatic ring is 1. The van der Waals surface area contributed by atoms with Crippen molar-refractivity contribution in [3.8, 4) is 22.0 Å². The van der Waals surface area contributed by atoms with Gasteiger partial charge in [-0.1, -0.05) is 23.5 Å². The third-order valence-corrected chi connectivity index (χ3v) is 8.07. The van der Waals surface area contributed by atoms with Crippen molar-refractivity contribution in [1.82, 2.24) is 25.1 Å². The Balaban J connectivity index is 1.63. The Labute approximate surface area is 173 Å². The molecule has 152 valence electrons. The van der Waals surface area contributed by atoms with E-state index in [0.717, 1.165) is 23.5 Å². The van der Waals surface area contributed by atoms with Crippen molar-refractivity contribution in [2.45, 2.75) is 29.9 Å². The first-order valence-electron chi connectivity index (χ1n) is 9.30. The molecule has 1 aliphatic heterocycles. The van der Waals surface area contributed by atoms with Gasteiger partial charge in [0.2, 0.25) is 0 Å². The third kappa shape index (κ3) is 4.00. The number of sulfone groups is 1. The number of piperidine rings is 1. The smallest absolute Gasteiger partial charge is 0.182 e. The number of nitrogens with zero attached hydrogens (tertiary/aromatic N) is 5. The summed E-state index contributed by atoms with van der Waals surface area (Å²) in [7, 11) is -1.40. The molecule has 0 amide bonds. The Bertz CT molecular complexity index is 1130. The van der Waals surface area contributed by atoms with E-state index >= 15 is 0 Å². The van der Waals surface area contributed by atoms with E-state index in [1.807, 2.05) is 14.0 Å². The predicted molar refractivity (Wildman–Crippen MR) is 113 cm³/mol. The van der Waals surface area contributed by atoms with Crippen LogP contribution in [0.25, 0.3) is 22.0 Å². The van der Waals surface area contributed by atoms with Gasteiger partial charge in [0.05, 0.1) is 22.0 Å². The molecule has 8 nitrogen and oxygen atoms in total. The highest BCUT2D eigenvalue weighted by Crippen LogP contribution is 2.29. The summed E-state index contributed by atoms with van der Waals surface area (Å²) in [5.74, 6) is 0.283. The molecule has 0 spiro atoms. The van der Waals surface area contributed by atoms with E-state index in [1.54, 1.807) is 30.5 Å². The summed E-state index contributed by atoms with van der Waals surface area (Å²) in [5, 5.41) is 9.14. The molecular weight excluding hydrogens is 408 g/mol. The molecule has 0 aliphatic carbocycles. The van der Waals surface area contributed by atoms with E-state index in [-0.39, 0.29) is 11.1 Å². The number of aryl methyl sites for hydroxylation is 1. The molecule has 1 aromatic carbocycles. The number of anilines is 1. The van der Waals surface area contributed by atoms with Gasteiger partial charge in [-0.25, -0.2) is 18.4 Å². The Morgan fingerprint density at radius 2 is 1.97 bits per heavy atom. The van der Waals surface area contributed by atoms with Crippen molar-refractivity contribution in [1.29, 1.82) is 0 Å². The number of likely N-dealkylation sites (tertiary alicyclic amines) is 1. The molecule has 1 fully saturated rings. The van der Waals surface area contributed by atoms with Crippen LogP contribution in [-0.2, 0) is 9.84 Å². The average molecular weight is 431 g/mol. The lowest BCUT2D eigenvalue weighted by atomic mass is 10.1. The van der Waals surface area contributed by atoms with Gasteiger partial charge in [-0.15, -0.1) is 10.2 Å². The maximum absolute atomic E-state index is 13.0. The van der Waals surface area contributed by atoms with E-state index in [0.29, 0.717) is 34.3 Å². The van der Waals surface area contributed by atoms with Crippen LogP contribution in [0, 0.1) is 6.92 Å². The molecule has 1 saturated heterocycles. The van der Waals surface area contributed by atoms with Crippen LogP contribution in [0.4, 0.5) is 5.82 Å². The molecule has 1 unspecified atom stereocenters. The van der Waals surface area contributed by atoms with Gasteiger partial charge >= 0.3 is 0 Å². The molecule has 2 aromatic heterocycles. The van der Waals surface area contributed by atoms with E-state index in [2.05, 4.69) is 25.1 Å². The fourth-order valence-corrected chi connectivity index (χ4v) is 5.99. The summed E-state index contributed by atoms with van der Waals surface area (Å²) in [5.41, 5.74) is 7.81. The van der Waals surface area contributed by atoms with Crippen LogP contribution in [-0.4, -0.2) is 58.9 Å². The van der Waals surface area contributed by atoms with E-state index < -0.39 is 9.84 Å². The van der Waals surface area contributed by atoms with Crippen molar-refractivity contribution >= 4 is 27.0 Å². The molecule has 0 saturated carbocycles. The van der Waals surface area contributed by atoms with Crippen LogP contribution < -0.4 is 5.73 Å². The van der Waals surface area contributed by atoms with Crippen LogP contribution >= 0.6 is 11.3 Å². The zero-order valence-corrected chi connectivity index (χ0v) is 17.9. The number of aromatic nitrogens is 4. The second-order valence-electron chi connectivity index (χ2n) is 7.21. The van der Waals surface area contributed by atoms with Gasteiger partial charge in [0, 0.05) is 12.1 Å². The number of hydrogen-bond donors (Lipinski definition) is 1. The molecule has 2 N–H and O–H groups in total. The van der Waals surface area contributed by atoms with Crippen molar-refractivity contribution in [3.05, 3.63) is 35.5 Å². The van der Waals surface area contributed by atoms with Crippen molar-refractivity contribution in [3.63, 3.8) is 0 Å². The minimum absolute atomic E-state index is 0.283.